The zero-order valence-electron chi connectivity index (χ0n) is 11.0. The smallest absolute Gasteiger partial charge is 0.126 e. The first kappa shape index (κ1) is 13.0. The van der Waals surface area contributed by atoms with Gasteiger partial charge in [-0.25, -0.2) is 8.78 Å². The van der Waals surface area contributed by atoms with Crippen LogP contribution in [-0.2, 0) is 6.54 Å². The maximum absolute atomic E-state index is 13.2. The first-order valence-corrected chi connectivity index (χ1v) is 7.15. The van der Waals surface area contributed by atoms with E-state index in [0.717, 1.165) is 24.7 Å². The lowest BCUT2D eigenvalue weighted by atomic mass is 10.0. The second-order valence-electron chi connectivity index (χ2n) is 5.66. The maximum atomic E-state index is 13.2. The van der Waals surface area contributed by atoms with Crippen LogP contribution in [0.1, 0.15) is 31.2 Å². The van der Waals surface area contributed by atoms with Crippen molar-refractivity contribution in [3.63, 3.8) is 0 Å². The maximum Gasteiger partial charge on any atom is 0.126 e. The van der Waals surface area contributed by atoms with Crippen LogP contribution in [0.5, 0.6) is 0 Å². The van der Waals surface area contributed by atoms with E-state index in [0.29, 0.717) is 18.6 Å². The highest BCUT2D eigenvalue weighted by Gasteiger charge is 2.32. The summed E-state index contributed by atoms with van der Waals surface area (Å²) < 4.78 is 26.5. The predicted octanol–water partition coefficient (Wildman–Crippen LogP) is 2.68. The molecule has 2 atom stereocenters. The quantitative estimate of drug-likeness (QED) is 0.905. The number of nitrogens with zero attached hydrogens (tertiary/aromatic N) is 1. The molecule has 2 aliphatic heterocycles. The minimum absolute atomic E-state index is 0.482. The fourth-order valence-electron chi connectivity index (χ4n) is 3.48. The van der Waals surface area contributed by atoms with Crippen molar-refractivity contribution in [1.29, 1.82) is 0 Å². The Bertz CT molecular complexity index is 424. The Labute approximate surface area is 112 Å². The summed E-state index contributed by atoms with van der Waals surface area (Å²) in [6.45, 7) is 2.78. The zero-order chi connectivity index (χ0) is 13.2. The number of halogens is 2. The van der Waals surface area contributed by atoms with Crippen LogP contribution in [0.3, 0.4) is 0 Å². The van der Waals surface area contributed by atoms with E-state index >= 15 is 0 Å². The van der Waals surface area contributed by atoms with Crippen molar-refractivity contribution in [3.05, 3.63) is 35.4 Å². The summed E-state index contributed by atoms with van der Waals surface area (Å²) in [5.41, 5.74) is 0.738. The molecular weight excluding hydrogens is 246 g/mol. The molecule has 0 saturated carbocycles. The second kappa shape index (κ2) is 5.55. The largest absolute Gasteiger partial charge is 0.312 e. The first-order valence-electron chi connectivity index (χ1n) is 7.15. The number of hydrogen-bond donors (Lipinski definition) is 1. The van der Waals surface area contributed by atoms with Crippen LogP contribution in [0.15, 0.2) is 18.2 Å². The van der Waals surface area contributed by atoms with E-state index in [9.17, 15) is 8.78 Å². The number of nitrogens with one attached hydrogen (secondary N) is 1. The lowest BCUT2D eigenvalue weighted by Gasteiger charge is -2.29. The van der Waals surface area contributed by atoms with E-state index in [-0.39, 0.29) is 0 Å². The monoisotopic (exact) mass is 266 g/mol. The Kier molecular flexibility index (Phi) is 3.80. The molecule has 0 spiro atoms. The van der Waals surface area contributed by atoms with Crippen molar-refractivity contribution in [2.45, 2.75) is 44.3 Å². The van der Waals surface area contributed by atoms with E-state index in [2.05, 4.69) is 10.2 Å². The van der Waals surface area contributed by atoms with Crippen LogP contribution >= 0.6 is 0 Å². The van der Waals surface area contributed by atoms with Gasteiger partial charge in [-0.1, -0.05) is 0 Å². The molecule has 2 fully saturated rings. The summed E-state index contributed by atoms with van der Waals surface area (Å²) >= 11 is 0. The fourth-order valence-corrected chi connectivity index (χ4v) is 3.48. The van der Waals surface area contributed by atoms with Gasteiger partial charge < -0.3 is 5.32 Å². The Hall–Kier alpha value is -1.00. The summed E-state index contributed by atoms with van der Waals surface area (Å²) in [4.78, 5) is 2.37. The van der Waals surface area contributed by atoms with Crippen LogP contribution in [0.25, 0.3) is 0 Å². The number of likely N-dealkylation sites (tertiary alicyclic amines) is 1. The molecule has 2 aliphatic rings. The average molecular weight is 266 g/mol. The second-order valence-corrected chi connectivity index (χ2v) is 5.66. The lowest BCUT2D eigenvalue weighted by molar-refractivity contribution is 0.206. The SMILES string of the molecule is Fc1cc(F)cc(CN2CCCC2C2CCCN2)c1. The van der Waals surface area contributed by atoms with Gasteiger partial charge in [0.05, 0.1) is 0 Å². The highest BCUT2D eigenvalue weighted by atomic mass is 19.1. The molecule has 104 valence electrons. The molecule has 2 saturated heterocycles. The van der Waals surface area contributed by atoms with E-state index < -0.39 is 11.6 Å². The molecule has 2 heterocycles. The van der Waals surface area contributed by atoms with E-state index in [1.165, 1.54) is 37.8 Å². The molecule has 0 radical (unpaired) electrons. The van der Waals surface area contributed by atoms with Gasteiger partial charge >= 0.3 is 0 Å². The third-order valence-electron chi connectivity index (χ3n) is 4.29. The molecule has 4 heteroatoms. The van der Waals surface area contributed by atoms with Crippen LogP contribution in [0.2, 0.25) is 0 Å². The van der Waals surface area contributed by atoms with Crippen LogP contribution in [0.4, 0.5) is 8.78 Å². The number of rotatable bonds is 3. The highest BCUT2D eigenvalue weighted by molar-refractivity contribution is 5.18. The standard InChI is InChI=1S/C15H20F2N2/c16-12-7-11(8-13(17)9-12)10-19-6-2-4-15(19)14-3-1-5-18-14/h7-9,14-15,18H,1-6,10H2. The average Bonchev–Trinajstić information content (AvgIpc) is 2.96. The molecule has 0 aliphatic carbocycles. The molecule has 2 nitrogen and oxygen atoms in total. The summed E-state index contributed by atoms with van der Waals surface area (Å²) in [7, 11) is 0. The molecule has 19 heavy (non-hydrogen) atoms. The lowest BCUT2D eigenvalue weighted by Crippen LogP contribution is -2.43. The first-order chi connectivity index (χ1) is 9.22. The van der Waals surface area contributed by atoms with Gasteiger partial charge in [-0.3, -0.25) is 4.90 Å². The topological polar surface area (TPSA) is 15.3 Å². The molecule has 0 aromatic heterocycles. The van der Waals surface area contributed by atoms with Crippen molar-refractivity contribution >= 4 is 0 Å². The summed E-state index contributed by atoms with van der Waals surface area (Å²) in [5, 5.41) is 3.55. The molecule has 1 N–H and O–H groups in total. The molecule has 1 aromatic carbocycles. The number of hydrogen-bond acceptors (Lipinski definition) is 2. The van der Waals surface area contributed by atoms with Gasteiger partial charge in [0.2, 0.25) is 0 Å². The van der Waals surface area contributed by atoms with Crippen LogP contribution < -0.4 is 5.32 Å². The van der Waals surface area contributed by atoms with Gasteiger partial charge in [-0.05, 0) is 56.5 Å². The fraction of sp³-hybridized carbons (Fsp3) is 0.600. The van der Waals surface area contributed by atoms with E-state index in [1.807, 2.05) is 0 Å². The van der Waals surface area contributed by atoms with Gasteiger partial charge in [-0.15, -0.1) is 0 Å². The van der Waals surface area contributed by atoms with Crippen molar-refractivity contribution in [1.82, 2.24) is 10.2 Å². The Balaban J connectivity index is 1.70. The Morgan fingerprint density at radius 3 is 2.58 bits per heavy atom. The minimum Gasteiger partial charge on any atom is -0.312 e. The molecule has 0 amide bonds. The Morgan fingerprint density at radius 2 is 1.89 bits per heavy atom. The van der Waals surface area contributed by atoms with Gasteiger partial charge in [0.15, 0.2) is 0 Å². The molecule has 1 aromatic rings. The van der Waals surface area contributed by atoms with E-state index in [1.54, 1.807) is 0 Å². The minimum atomic E-state index is -0.482. The molecule has 0 bridgehead atoms. The zero-order valence-corrected chi connectivity index (χ0v) is 11.0. The normalized spacial score (nSPS) is 28.1. The van der Waals surface area contributed by atoms with Crippen molar-refractivity contribution in [2.24, 2.45) is 0 Å². The predicted molar refractivity (Wildman–Crippen MR) is 70.8 cm³/mol. The summed E-state index contributed by atoms with van der Waals surface area (Å²) in [5.74, 6) is -0.963. The van der Waals surface area contributed by atoms with Gasteiger partial charge in [0, 0.05) is 24.7 Å². The molecule has 2 unspecified atom stereocenters. The van der Waals surface area contributed by atoms with Gasteiger partial charge in [-0.2, -0.15) is 0 Å². The summed E-state index contributed by atoms with van der Waals surface area (Å²) in [6.07, 6.45) is 4.83. The number of benzene rings is 1. The van der Waals surface area contributed by atoms with Crippen LogP contribution in [0, 0.1) is 11.6 Å². The van der Waals surface area contributed by atoms with Gasteiger partial charge in [0.1, 0.15) is 11.6 Å². The third kappa shape index (κ3) is 2.95. The van der Waals surface area contributed by atoms with Crippen molar-refractivity contribution < 1.29 is 8.78 Å². The third-order valence-corrected chi connectivity index (χ3v) is 4.29. The Morgan fingerprint density at radius 1 is 1.11 bits per heavy atom. The van der Waals surface area contributed by atoms with Crippen molar-refractivity contribution in [2.75, 3.05) is 13.1 Å². The highest BCUT2D eigenvalue weighted by Crippen LogP contribution is 2.26. The van der Waals surface area contributed by atoms with Crippen LogP contribution in [-0.4, -0.2) is 30.1 Å². The van der Waals surface area contributed by atoms with Gasteiger partial charge in [0.25, 0.3) is 0 Å². The molecule has 3 rings (SSSR count). The molecular formula is C15H20F2N2. The summed E-state index contributed by atoms with van der Waals surface area (Å²) in [6, 6.07) is 4.90. The van der Waals surface area contributed by atoms with Crippen molar-refractivity contribution in [3.8, 4) is 0 Å². The van der Waals surface area contributed by atoms with E-state index in [4.69, 9.17) is 0 Å².